The third-order valence-electron chi connectivity index (χ3n) is 7.49. The molecule has 1 N–H and O–H groups in total. The molecule has 0 spiro atoms. The zero-order chi connectivity index (χ0) is 25.6. The second kappa shape index (κ2) is 9.02. The molecule has 4 aromatic heterocycles. The van der Waals surface area contributed by atoms with E-state index in [4.69, 9.17) is 9.97 Å². The summed E-state index contributed by atoms with van der Waals surface area (Å²) >= 11 is 0. The minimum absolute atomic E-state index is 0.207. The molecular formula is C29H27N9. The molecule has 2 aromatic carbocycles. The van der Waals surface area contributed by atoms with Crippen LogP contribution in [-0.4, -0.2) is 44.9 Å². The summed E-state index contributed by atoms with van der Waals surface area (Å²) in [7, 11) is 0. The van der Waals surface area contributed by atoms with Gasteiger partial charge in [-0.25, -0.2) is 9.97 Å². The third-order valence-corrected chi connectivity index (χ3v) is 7.49. The number of rotatable bonds is 6. The lowest BCUT2D eigenvalue weighted by molar-refractivity contribution is 0.565. The Morgan fingerprint density at radius 1 is 1.03 bits per heavy atom. The average Bonchev–Trinajstić information content (AvgIpc) is 3.75. The van der Waals surface area contributed by atoms with E-state index < -0.39 is 0 Å². The van der Waals surface area contributed by atoms with Crippen molar-refractivity contribution in [2.24, 2.45) is 0 Å². The lowest BCUT2D eigenvalue weighted by atomic mass is 9.96. The molecular weight excluding hydrogens is 474 g/mol. The van der Waals surface area contributed by atoms with E-state index in [1.54, 1.807) is 6.20 Å². The number of pyridine rings is 1. The molecule has 38 heavy (non-hydrogen) atoms. The van der Waals surface area contributed by atoms with Gasteiger partial charge >= 0.3 is 0 Å². The fourth-order valence-corrected chi connectivity index (χ4v) is 5.78. The van der Waals surface area contributed by atoms with Gasteiger partial charge in [0.2, 0.25) is 5.82 Å². The fraction of sp³-hybridized carbons (Fsp3) is 0.241. The largest absolute Gasteiger partial charge is 0.305 e. The van der Waals surface area contributed by atoms with E-state index in [9.17, 15) is 0 Å². The predicted octanol–water partition coefficient (Wildman–Crippen LogP) is 4.93. The maximum Gasteiger partial charge on any atom is 0.205 e. The Morgan fingerprint density at radius 2 is 1.92 bits per heavy atom. The molecule has 1 atom stereocenters. The molecule has 1 unspecified atom stereocenters. The van der Waals surface area contributed by atoms with Crippen molar-refractivity contribution in [1.29, 1.82) is 0 Å². The molecule has 188 valence electrons. The van der Waals surface area contributed by atoms with Gasteiger partial charge in [-0.15, -0.1) is 10.2 Å². The molecule has 0 fully saturated rings. The van der Waals surface area contributed by atoms with Gasteiger partial charge in [0.15, 0.2) is 5.65 Å². The van der Waals surface area contributed by atoms with E-state index in [0.717, 1.165) is 64.2 Å². The first-order valence-electron chi connectivity index (χ1n) is 13.0. The fourth-order valence-electron chi connectivity index (χ4n) is 5.78. The van der Waals surface area contributed by atoms with Crippen molar-refractivity contribution < 1.29 is 0 Å². The smallest absolute Gasteiger partial charge is 0.205 e. The number of fused-ring (bicyclic) bond motifs is 2. The van der Waals surface area contributed by atoms with Crippen LogP contribution < -0.4 is 0 Å². The van der Waals surface area contributed by atoms with Crippen LogP contribution in [0, 0.1) is 6.92 Å². The Kier molecular flexibility index (Phi) is 5.35. The molecule has 0 aliphatic heterocycles. The van der Waals surface area contributed by atoms with Gasteiger partial charge in [0.25, 0.3) is 0 Å². The number of aryl methyl sites for hydroxylation is 3. The highest BCUT2D eigenvalue weighted by molar-refractivity contribution is 5.81. The summed E-state index contributed by atoms with van der Waals surface area (Å²) < 4.78 is 4.29. The number of nitrogens with one attached hydrogen (secondary N) is 1. The summed E-state index contributed by atoms with van der Waals surface area (Å²) in [6, 6.07) is 19.3. The van der Waals surface area contributed by atoms with Crippen LogP contribution in [0.15, 0.2) is 67.0 Å². The molecule has 7 rings (SSSR count). The van der Waals surface area contributed by atoms with Gasteiger partial charge in [-0.05, 0) is 64.9 Å². The van der Waals surface area contributed by atoms with Crippen LogP contribution in [0.2, 0.25) is 0 Å². The number of tetrazole rings is 1. The van der Waals surface area contributed by atoms with Crippen LogP contribution in [0.4, 0.5) is 0 Å². The number of benzene rings is 2. The van der Waals surface area contributed by atoms with Crippen molar-refractivity contribution in [1.82, 2.24) is 44.9 Å². The molecule has 0 amide bonds. The zero-order valence-corrected chi connectivity index (χ0v) is 21.3. The van der Waals surface area contributed by atoms with Crippen LogP contribution in [0.5, 0.6) is 0 Å². The summed E-state index contributed by atoms with van der Waals surface area (Å²) in [4.78, 5) is 10.2. The van der Waals surface area contributed by atoms with Crippen molar-refractivity contribution in [2.45, 2.75) is 45.7 Å². The quantitative estimate of drug-likeness (QED) is 0.347. The number of H-pyrrole nitrogens is 1. The topological polar surface area (TPSA) is 103 Å². The van der Waals surface area contributed by atoms with Crippen molar-refractivity contribution in [2.75, 3.05) is 0 Å². The van der Waals surface area contributed by atoms with Gasteiger partial charge in [0.05, 0.1) is 18.3 Å². The lowest BCUT2D eigenvalue weighted by Gasteiger charge is -2.18. The highest BCUT2D eigenvalue weighted by Crippen LogP contribution is 2.40. The predicted molar refractivity (Wildman–Crippen MR) is 144 cm³/mol. The Hall–Kier alpha value is -4.66. The van der Waals surface area contributed by atoms with Gasteiger partial charge < -0.3 is 4.57 Å². The number of hydrogen-bond acceptors (Lipinski definition) is 6. The molecule has 0 saturated carbocycles. The molecule has 9 heteroatoms. The van der Waals surface area contributed by atoms with Gasteiger partial charge in [-0.2, -0.15) is 10.3 Å². The minimum atomic E-state index is 0.207. The summed E-state index contributed by atoms with van der Waals surface area (Å²) in [6.45, 7) is 4.94. The summed E-state index contributed by atoms with van der Waals surface area (Å²) in [5.41, 5.74) is 10.0. The number of nitrogens with zero attached hydrogens (tertiary/aromatic N) is 8. The van der Waals surface area contributed by atoms with E-state index in [1.165, 1.54) is 11.1 Å². The molecule has 1 aliphatic rings. The molecule has 0 saturated heterocycles. The van der Waals surface area contributed by atoms with Crippen LogP contribution in [0.3, 0.4) is 0 Å². The molecule has 6 aromatic rings. The number of aromatic amines is 1. The number of aromatic nitrogens is 9. The zero-order valence-electron chi connectivity index (χ0n) is 21.3. The monoisotopic (exact) mass is 501 g/mol. The first kappa shape index (κ1) is 22.5. The van der Waals surface area contributed by atoms with E-state index >= 15 is 0 Å². The average molecular weight is 502 g/mol. The maximum absolute atomic E-state index is 5.12. The van der Waals surface area contributed by atoms with Crippen LogP contribution in [-0.2, 0) is 19.4 Å². The Bertz CT molecular complexity index is 1750. The lowest BCUT2D eigenvalue weighted by Crippen LogP contribution is -2.12. The van der Waals surface area contributed by atoms with Crippen molar-refractivity contribution in [3.63, 3.8) is 0 Å². The minimum Gasteiger partial charge on any atom is -0.305 e. The second-order valence-electron chi connectivity index (χ2n) is 9.81. The first-order chi connectivity index (χ1) is 18.7. The second-order valence-corrected chi connectivity index (χ2v) is 9.81. The SMILES string of the molecule is CCc1nc2c(C)cc(Cn3cccn3)nc2n1C1CCc2cc(-c3ccccc3-c3nn[nH]n3)ccc21. The molecule has 0 bridgehead atoms. The number of hydrogen-bond donors (Lipinski definition) is 1. The molecule has 9 nitrogen and oxygen atoms in total. The standard InChI is InChI=1S/C29H27N9/c1-3-26-32-27-18(2)15-21(17-37-14-6-13-30-37)31-29(27)38(26)25-12-10-20-16-19(9-11-23(20)25)22-7-4-5-8-24(22)28-33-35-36-34-28/h4-9,11,13-16,25H,3,10,12,17H2,1-2H3,(H,33,34,35,36). The van der Waals surface area contributed by atoms with Crippen molar-refractivity contribution >= 4 is 11.2 Å². The van der Waals surface area contributed by atoms with E-state index in [1.807, 2.05) is 29.1 Å². The van der Waals surface area contributed by atoms with E-state index in [-0.39, 0.29) is 6.04 Å². The molecule has 4 heterocycles. The van der Waals surface area contributed by atoms with E-state index in [0.29, 0.717) is 12.4 Å². The Morgan fingerprint density at radius 3 is 2.71 bits per heavy atom. The normalized spacial score (nSPS) is 14.8. The highest BCUT2D eigenvalue weighted by atomic mass is 15.5. The van der Waals surface area contributed by atoms with Gasteiger partial charge in [-0.3, -0.25) is 4.68 Å². The molecule has 1 aliphatic carbocycles. The number of imidazole rings is 1. The Labute approximate surface area is 219 Å². The molecule has 0 radical (unpaired) electrons. The van der Waals surface area contributed by atoms with Crippen molar-refractivity contribution in [3.8, 4) is 22.5 Å². The summed E-state index contributed by atoms with van der Waals surface area (Å²) in [6.07, 6.45) is 6.65. The maximum atomic E-state index is 5.12. The van der Waals surface area contributed by atoms with Crippen molar-refractivity contribution in [3.05, 3.63) is 95.2 Å². The summed E-state index contributed by atoms with van der Waals surface area (Å²) in [5.74, 6) is 1.68. The van der Waals surface area contributed by atoms with E-state index in [2.05, 4.69) is 80.5 Å². The summed E-state index contributed by atoms with van der Waals surface area (Å²) in [5, 5.41) is 19.1. The van der Waals surface area contributed by atoms with Gasteiger partial charge in [0, 0.05) is 24.4 Å². The van der Waals surface area contributed by atoms with Crippen LogP contribution in [0.1, 0.15) is 47.6 Å². The van der Waals surface area contributed by atoms with Crippen LogP contribution in [0.25, 0.3) is 33.7 Å². The van der Waals surface area contributed by atoms with Gasteiger partial charge in [0.1, 0.15) is 11.3 Å². The van der Waals surface area contributed by atoms with Gasteiger partial charge in [-0.1, -0.05) is 49.4 Å². The Balaban J connectivity index is 1.31. The highest BCUT2D eigenvalue weighted by Gasteiger charge is 2.29. The van der Waals surface area contributed by atoms with Crippen LogP contribution >= 0.6 is 0 Å². The third kappa shape index (κ3) is 3.70. The first-order valence-corrected chi connectivity index (χ1v) is 13.0.